The van der Waals surface area contributed by atoms with Crippen LogP contribution in [0.4, 0.5) is 0 Å². The first-order valence-corrected chi connectivity index (χ1v) is 13.7. The third-order valence-electron chi connectivity index (χ3n) is 7.27. The molecular weight excluding hydrogens is 430 g/mol. The van der Waals surface area contributed by atoms with Crippen molar-refractivity contribution in [2.75, 3.05) is 0 Å². The number of rotatable bonds is 21. The minimum Gasteiger partial charge on any atom is -0.480 e. The Bertz CT molecular complexity index is 611. The zero-order valence-corrected chi connectivity index (χ0v) is 22.7. The molecule has 7 nitrogen and oxygen atoms in total. The predicted molar refractivity (Wildman–Crippen MR) is 139 cm³/mol. The van der Waals surface area contributed by atoms with Crippen molar-refractivity contribution in [2.24, 2.45) is 17.5 Å². The van der Waals surface area contributed by atoms with Gasteiger partial charge in [0.25, 0.3) is 0 Å². The Labute approximate surface area is 208 Å². The summed E-state index contributed by atoms with van der Waals surface area (Å²) in [5.74, 6) is 3.52. The van der Waals surface area contributed by atoms with Crippen molar-refractivity contribution in [1.82, 2.24) is 5.01 Å². The Kier molecular flexibility index (Phi) is 16.3. The summed E-state index contributed by atoms with van der Waals surface area (Å²) in [6, 6.07) is 0. The highest BCUT2D eigenvalue weighted by Gasteiger charge is 2.56. The molecule has 0 aliphatic carbocycles. The summed E-state index contributed by atoms with van der Waals surface area (Å²) in [6.07, 6.45) is 15.2. The second-order valence-electron chi connectivity index (χ2n) is 10.2. The van der Waals surface area contributed by atoms with Gasteiger partial charge in [-0.05, 0) is 25.2 Å². The summed E-state index contributed by atoms with van der Waals surface area (Å²) in [5.41, 5.74) is 2.60. The lowest BCUT2D eigenvalue weighted by Gasteiger charge is -2.46. The summed E-state index contributed by atoms with van der Waals surface area (Å²) in [4.78, 5) is 38.4. The standard InChI is InChI=1S/C27H53N3O4/c1-6-9-10-11-12-13-14-15-16-17-18-19-21-27(22(4)5,30(29)23(31)20-7-2)24(32)26(28,8-3)25(33)34/h22H,6-21,28-29H2,1-5H3,(H,33,34)/t26?,27-/m0/s1. The number of nitrogens with zero attached hydrogens (tertiary/aromatic N) is 1. The highest BCUT2D eigenvalue weighted by atomic mass is 16.4. The van der Waals surface area contributed by atoms with Crippen LogP contribution in [0.5, 0.6) is 0 Å². The molecule has 0 aromatic heterocycles. The topological polar surface area (TPSA) is 127 Å². The van der Waals surface area contributed by atoms with E-state index in [1.165, 1.54) is 51.4 Å². The molecule has 0 fully saturated rings. The Hall–Kier alpha value is -1.47. The maximum atomic E-state index is 13.7. The van der Waals surface area contributed by atoms with Gasteiger partial charge in [0, 0.05) is 6.42 Å². The van der Waals surface area contributed by atoms with Gasteiger partial charge in [0.15, 0.2) is 11.3 Å². The summed E-state index contributed by atoms with van der Waals surface area (Å²) < 4.78 is 0. The Morgan fingerprint density at radius 3 is 1.59 bits per heavy atom. The zero-order valence-electron chi connectivity index (χ0n) is 22.7. The van der Waals surface area contributed by atoms with Crippen LogP contribution in [0.3, 0.4) is 0 Å². The number of unbranched alkanes of at least 4 members (excludes halogenated alkanes) is 11. The number of amides is 1. The fourth-order valence-corrected chi connectivity index (χ4v) is 4.76. The molecule has 1 amide bonds. The van der Waals surface area contributed by atoms with E-state index >= 15 is 0 Å². The number of hydrazine groups is 1. The maximum absolute atomic E-state index is 13.7. The van der Waals surface area contributed by atoms with Crippen molar-refractivity contribution in [3.05, 3.63) is 0 Å². The predicted octanol–water partition coefficient (Wildman–Crippen LogP) is 5.74. The van der Waals surface area contributed by atoms with Gasteiger partial charge in [0.05, 0.1) is 0 Å². The van der Waals surface area contributed by atoms with Crippen LogP contribution in [0.2, 0.25) is 0 Å². The number of carbonyl (C=O) groups excluding carboxylic acids is 2. The van der Waals surface area contributed by atoms with Gasteiger partial charge in [-0.1, -0.05) is 112 Å². The van der Waals surface area contributed by atoms with E-state index in [2.05, 4.69) is 6.92 Å². The smallest absolute Gasteiger partial charge is 0.331 e. The molecule has 2 atom stereocenters. The molecule has 0 spiro atoms. The minimum atomic E-state index is -2.08. The molecule has 0 bridgehead atoms. The van der Waals surface area contributed by atoms with Crippen LogP contribution in [-0.2, 0) is 14.4 Å². The summed E-state index contributed by atoms with van der Waals surface area (Å²) in [6.45, 7) is 9.31. The van der Waals surface area contributed by atoms with Crippen LogP contribution >= 0.6 is 0 Å². The lowest BCUT2D eigenvalue weighted by atomic mass is 9.70. The number of carboxylic acids is 1. The molecule has 0 aromatic carbocycles. The number of nitrogens with two attached hydrogens (primary N) is 2. The lowest BCUT2D eigenvalue weighted by Crippen LogP contribution is -2.72. The van der Waals surface area contributed by atoms with Gasteiger partial charge >= 0.3 is 5.97 Å². The highest BCUT2D eigenvalue weighted by molar-refractivity contribution is 6.12. The Balaban J connectivity index is 5.12. The summed E-state index contributed by atoms with van der Waals surface area (Å²) in [5, 5.41) is 10.8. The van der Waals surface area contributed by atoms with Gasteiger partial charge in [-0.25, -0.2) is 10.6 Å². The van der Waals surface area contributed by atoms with E-state index in [0.29, 0.717) is 19.3 Å². The fraction of sp³-hybridized carbons (Fsp3) is 0.889. The van der Waals surface area contributed by atoms with Crippen molar-refractivity contribution in [3.63, 3.8) is 0 Å². The molecule has 1 unspecified atom stereocenters. The third-order valence-corrected chi connectivity index (χ3v) is 7.27. The van der Waals surface area contributed by atoms with Gasteiger partial charge in [-0.3, -0.25) is 14.6 Å². The molecule has 0 aliphatic rings. The molecule has 0 saturated carbocycles. The molecule has 34 heavy (non-hydrogen) atoms. The average Bonchev–Trinajstić information content (AvgIpc) is 2.80. The molecule has 0 aromatic rings. The van der Waals surface area contributed by atoms with Crippen molar-refractivity contribution in [2.45, 2.75) is 148 Å². The van der Waals surface area contributed by atoms with Crippen molar-refractivity contribution >= 4 is 17.7 Å². The number of hydrogen-bond donors (Lipinski definition) is 3. The SMILES string of the molecule is CCCCCCCCCCCCCC[C@@](C(=O)C(N)(CC)C(=O)O)(C(C)C)N(N)C(=O)CCC. The van der Waals surface area contributed by atoms with Gasteiger partial charge in [-0.2, -0.15) is 0 Å². The molecule has 0 rings (SSSR count). The van der Waals surface area contributed by atoms with E-state index < -0.39 is 22.8 Å². The van der Waals surface area contributed by atoms with E-state index in [1.807, 2.05) is 20.8 Å². The molecule has 0 saturated heterocycles. The second-order valence-corrected chi connectivity index (χ2v) is 10.2. The molecular formula is C27H53N3O4. The first-order chi connectivity index (χ1) is 16.1. The third kappa shape index (κ3) is 9.29. The number of aliphatic carboxylic acids is 1. The molecule has 5 N–H and O–H groups in total. The first kappa shape index (κ1) is 32.5. The van der Waals surface area contributed by atoms with E-state index in [9.17, 15) is 19.5 Å². The van der Waals surface area contributed by atoms with Gasteiger partial charge in [-0.15, -0.1) is 0 Å². The van der Waals surface area contributed by atoms with Crippen LogP contribution in [0.25, 0.3) is 0 Å². The number of Topliss-reactive ketones (excluding diaryl/α,β-unsaturated/α-hetero) is 1. The monoisotopic (exact) mass is 483 g/mol. The molecule has 0 aliphatic heterocycles. The maximum Gasteiger partial charge on any atom is 0.331 e. The van der Waals surface area contributed by atoms with E-state index in [4.69, 9.17) is 11.6 Å². The molecule has 0 heterocycles. The van der Waals surface area contributed by atoms with Gasteiger partial charge in [0.1, 0.15) is 5.54 Å². The average molecular weight is 484 g/mol. The molecule has 200 valence electrons. The van der Waals surface area contributed by atoms with Crippen molar-refractivity contribution < 1.29 is 19.5 Å². The normalized spacial score (nSPS) is 15.1. The van der Waals surface area contributed by atoms with E-state index in [1.54, 1.807) is 6.92 Å². The van der Waals surface area contributed by atoms with E-state index in [-0.39, 0.29) is 24.7 Å². The van der Waals surface area contributed by atoms with Gasteiger partial charge in [0.2, 0.25) is 5.91 Å². The second kappa shape index (κ2) is 17.0. The first-order valence-electron chi connectivity index (χ1n) is 13.7. The zero-order chi connectivity index (χ0) is 26.2. The Morgan fingerprint density at radius 2 is 1.24 bits per heavy atom. The van der Waals surface area contributed by atoms with Crippen LogP contribution < -0.4 is 11.6 Å². The van der Waals surface area contributed by atoms with Gasteiger partial charge < -0.3 is 10.8 Å². The Morgan fingerprint density at radius 1 is 0.794 bits per heavy atom. The number of ketones is 1. The summed E-state index contributed by atoms with van der Waals surface area (Å²) in [7, 11) is 0. The number of hydrogen-bond acceptors (Lipinski definition) is 5. The quantitative estimate of drug-likeness (QED) is 0.0628. The van der Waals surface area contributed by atoms with Crippen molar-refractivity contribution in [1.29, 1.82) is 0 Å². The molecule has 7 heteroatoms. The van der Waals surface area contributed by atoms with Crippen LogP contribution in [0.1, 0.15) is 137 Å². The van der Waals surface area contributed by atoms with Crippen LogP contribution in [0.15, 0.2) is 0 Å². The fourth-order valence-electron chi connectivity index (χ4n) is 4.76. The summed E-state index contributed by atoms with van der Waals surface area (Å²) >= 11 is 0. The van der Waals surface area contributed by atoms with Crippen LogP contribution in [-0.4, -0.2) is 38.9 Å². The van der Waals surface area contributed by atoms with E-state index in [0.717, 1.165) is 24.3 Å². The number of carboxylic acid groups (broad SMARTS) is 1. The number of carbonyl (C=O) groups is 3. The van der Waals surface area contributed by atoms with Crippen molar-refractivity contribution in [3.8, 4) is 0 Å². The largest absolute Gasteiger partial charge is 0.480 e. The minimum absolute atomic E-state index is 0.0656. The van der Waals surface area contributed by atoms with Crippen LogP contribution in [0, 0.1) is 5.92 Å². The lowest BCUT2D eigenvalue weighted by molar-refractivity contribution is -0.161. The molecule has 0 radical (unpaired) electrons. The highest BCUT2D eigenvalue weighted by Crippen LogP contribution is 2.35.